The summed E-state index contributed by atoms with van der Waals surface area (Å²) in [7, 11) is 1.97. The van der Waals surface area contributed by atoms with Crippen molar-refractivity contribution < 1.29 is 9.59 Å². The number of amides is 2. The summed E-state index contributed by atoms with van der Waals surface area (Å²) < 4.78 is 1.92. The van der Waals surface area contributed by atoms with E-state index in [1.807, 2.05) is 53.3 Å². The molecule has 1 aromatic carbocycles. The third-order valence-electron chi connectivity index (χ3n) is 8.61. The van der Waals surface area contributed by atoms with Gasteiger partial charge in [0, 0.05) is 67.6 Å². The molecule has 7 heteroatoms. The zero-order valence-corrected chi connectivity index (χ0v) is 20.3. The van der Waals surface area contributed by atoms with Crippen LogP contribution in [0.15, 0.2) is 42.9 Å². The highest BCUT2D eigenvalue weighted by Crippen LogP contribution is 2.37. The van der Waals surface area contributed by atoms with Gasteiger partial charge in [-0.1, -0.05) is 6.07 Å². The Morgan fingerprint density at radius 1 is 1.03 bits per heavy atom. The number of carbonyl (C=O) groups excluding carboxylic acids is 2. The monoisotopic (exact) mass is 471 g/mol. The smallest absolute Gasteiger partial charge is 0.253 e. The minimum absolute atomic E-state index is 0.0489. The first-order valence-electron chi connectivity index (χ1n) is 13.0. The van der Waals surface area contributed by atoms with Gasteiger partial charge in [-0.25, -0.2) is 0 Å². The molecule has 2 aromatic heterocycles. The summed E-state index contributed by atoms with van der Waals surface area (Å²) in [6.07, 6.45) is 12.3. The maximum absolute atomic E-state index is 13.2. The Labute approximate surface area is 205 Å². The number of carbonyl (C=O) groups is 2. The molecule has 182 valence electrons. The van der Waals surface area contributed by atoms with E-state index >= 15 is 0 Å². The van der Waals surface area contributed by atoms with Gasteiger partial charge in [0.2, 0.25) is 5.91 Å². The number of hydrogen-bond acceptors (Lipinski definition) is 4. The summed E-state index contributed by atoms with van der Waals surface area (Å²) in [5.74, 6) is 1.49. The van der Waals surface area contributed by atoms with Crippen LogP contribution in [0.25, 0.3) is 10.8 Å². The Balaban J connectivity index is 1.04. The van der Waals surface area contributed by atoms with Crippen LogP contribution in [0.5, 0.6) is 0 Å². The molecular formula is C28H33N5O2. The number of likely N-dealkylation sites (tertiary alicyclic amines) is 1. The highest BCUT2D eigenvalue weighted by molar-refractivity contribution is 5.98. The second kappa shape index (κ2) is 9.10. The summed E-state index contributed by atoms with van der Waals surface area (Å²) in [6, 6.07) is 8.10. The lowest BCUT2D eigenvalue weighted by molar-refractivity contribution is -0.126. The van der Waals surface area contributed by atoms with Gasteiger partial charge in [-0.05, 0) is 79.5 Å². The van der Waals surface area contributed by atoms with E-state index in [0.29, 0.717) is 11.8 Å². The minimum atomic E-state index is 0.0489. The van der Waals surface area contributed by atoms with E-state index in [1.54, 1.807) is 6.20 Å². The highest BCUT2D eigenvalue weighted by Gasteiger charge is 2.37. The third kappa shape index (κ3) is 4.32. The zero-order chi connectivity index (χ0) is 23.9. The summed E-state index contributed by atoms with van der Waals surface area (Å²) in [6.45, 7) is 1.62. The first-order valence-corrected chi connectivity index (χ1v) is 13.0. The number of rotatable bonds is 3. The number of hydrogen-bond donors (Lipinski definition) is 1. The number of benzene rings is 1. The fourth-order valence-electron chi connectivity index (χ4n) is 6.52. The largest absolute Gasteiger partial charge is 0.353 e. The number of nitrogens with zero attached hydrogens (tertiary/aromatic N) is 4. The van der Waals surface area contributed by atoms with E-state index < -0.39 is 0 Å². The zero-order valence-electron chi connectivity index (χ0n) is 20.3. The number of piperidine rings is 1. The maximum atomic E-state index is 13.2. The number of nitrogens with one attached hydrogen (secondary N) is 1. The molecule has 1 aliphatic heterocycles. The molecule has 0 radical (unpaired) electrons. The molecule has 0 bridgehead atoms. The maximum Gasteiger partial charge on any atom is 0.253 e. The summed E-state index contributed by atoms with van der Waals surface area (Å²) in [5, 5.41) is 9.85. The Hall–Kier alpha value is -3.22. The third-order valence-corrected chi connectivity index (χ3v) is 8.61. The molecule has 0 spiro atoms. The Morgan fingerprint density at radius 3 is 2.86 bits per heavy atom. The van der Waals surface area contributed by atoms with Crippen molar-refractivity contribution >= 4 is 22.6 Å². The van der Waals surface area contributed by atoms with Crippen molar-refractivity contribution in [3.63, 3.8) is 0 Å². The number of aromatic nitrogens is 3. The van der Waals surface area contributed by atoms with Gasteiger partial charge in [0.05, 0.1) is 6.20 Å². The van der Waals surface area contributed by atoms with Crippen LogP contribution in [0, 0.1) is 17.8 Å². The quantitative estimate of drug-likeness (QED) is 0.634. The van der Waals surface area contributed by atoms with Gasteiger partial charge in [-0.2, -0.15) is 5.10 Å². The first kappa shape index (κ1) is 22.3. The normalized spacial score (nSPS) is 26.1. The van der Waals surface area contributed by atoms with Crippen molar-refractivity contribution in [3.05, 3.63) is 59.7 Å². The van der Waals surface area contributed by atoms with Gasteiger partial charge in [0.25, 0.3) is 5.91 Å². The van der Waals surface area contributed by atoms with Crippen molar-refractivity contribution in [2.75, 3.05) is 13.1 Å². The fourth-order valence-corrected chi connectivity index (χ4v) is 6.52. The van der Waals surface area contributed by atoms with Crippen molar-refractivity contribution in [2.45, 2.75) is 51.0 Å². The Bertz CT molecular complexity index is 1270. The molecule has 1 saturated heterocycles. The molecule has 7 nitrogen and oxygen atoms in total. The van der Waals surface area contributed by atoms with E-state index in [0.717, 1.165) is 74.4 Å². The molecule has 4 unspecified atom stereocenters. The number of pyridine rings is 1. The molecule has 2 fully saturated rings. The molecule has 2 amide bonds. The van der Waals surface area contributed by atoms with Gasteiger partial charge in [0.1, 0.15) is 0 Å². The van der Waals surface area contributed by atoms with E-state index in [9.17, 15) is 9.59 Å². The van der Waals surface area contributed by atoms with E-state index in [2.05, 4.69) is 15.4 Å². The first-order chi connectivity index (χ1) is 17.0. The van der Waals surface area contributed by atoms with Gasteiger partial charge in [-0.15, -0.1) is 0 Å². The van der Waals surface area contributed by atoms with Gasteiger partial charge in [0.15, 0.2) is 0 Å². The van der Waals surface area contributed by atoms with Crippen molar-refractivity contribution in [2.24, 2.45) is 24.8 Å². The SMILES string of the molecule is Cn1ncc2c1CC(C(=O)NC1CCC3CN(C(=O)c4ccc5cnccc5c4)CCC3C1)CC2. The van der Waals surface area contributed by atoms with Crippen molar-refractivity contribution in [1.29, 1.82) is 0 Å². The molecule has 4 atom stereocenters. The van der Waals surface area contributed by atoms with Crippen LogP contribution >= 0.6 is 0 Å². The molecule has 2 aliphatic carbocycles. The second-order valence-electron chi connectivity index (χ2n) is 10.7. The Kier molecular flexibility index (Phi) is 5.78. The molecule has 3 aliphatic rings. The average Bonchev–Trinajstić information content (AvgIpc) is 3.27. The second-order valence-corrected chi connectivity index (χ2v) is 10.7. The minimum Gasteiger partial charge on any atom is -0.353 e. The summed E-state index contributed by atoms with van der Waals surface area (Å²) in [5.41, 5.74) is 3.26. The number of aryl methyl sites for hydroxylation is 2. The standard InChI is InChI=1S/C28H33N5O2/c1-32-26-14-20(2-5-23(26)16-30-32)27(34)31-25-7-6-24-17-33(11-9-19(24)13-25)28(35)21-3-4-22-15-29-10-8-18(22)12-21/h3-4,8,10,12,15-16,19-20,24-25H,2,5-7,9,11,13-14,17H2,1H3,(H,31,34). The fraction of sp³-hybridized carbons (Fsp3) is 0.500. The number of fused-ring (bicyclic) bond motifs is 3. The lowest BCUT2D eigenvalue weighted by Gasteiger charge is -2.44. The van der Waals surface area contributed by atoms with Crippen LogP contribution in [0.4, 0.5) is 0 Å². The predicted octanol–water partition coefficient (Wildman–Crippen LogP) is 3.52. The van der Waals surface area contributed by atoms with E-state index in [4.69, 9.17) is 0 Å². The van der Waals surface area contributed by atoms with Crippen molar-refractivity contribution in [3.8, 4) is 0 Å². The van der Waals surface area contributed by atoms with Gasteiger partial charge >= 0.3 is 0 Å². The molecule has 1 N–H and O–H groups in total. The molecule has 6 rings (SSSR count). The van der Waals surface area contributed by atoms with E-state index in [-0.39, 0.29) is 23.8 Å². The van der Waals surface area contributed by atoms with E-state index in [1.165, 1.54) is 11.3 Å². The van der Waals surface area contributed by atoms with Gasteiger partial charge in [-0.3, -0.25) is 19.3 Å². The van der Waals surface area contributed by atoms with Crippen LogP contribution in [-0.2, 0) is 24.7 Å². The van der Waals surface area contributed by atoms with Crippen LogP contribution in [0.1, 0.15) is 53.7 Å². The summed E-state index contributed by atoms with van der Waals surface area (Å²) >= 11 is 0. The highest BCUT2D eigenvalue weighted by atomic mass is 16.2. The van der Waals surface area contributed by atoms with Crippen molar-refractivity contribution in [1.82, 2.24) is 25.0 Å². The molecule has 1 saturated carbocycles. The van der Waals surface area contributed by atoms with Crippen LogP contribution in [0.3, 0.4) is 0 Å². The topological polar surface area (TPSA) is 80.1 Å². The van der Waals surface area contributed by atoms with Crippen LogP contribution < -0.4 is 5.32 Å². The average molecular weight is 472 g/mol. The predicted molar refractivity (Wildman–Crippen MR) is 134 cm³/mol. The molecule has 3 heterocycles. The lowest BCUT2D eigenvalue weighted by Crippen LogP contribution is -2.50. The van der Waals surface area contributed by atoms with Crippen LogP contribution in [-0.4, -0.2) is 50.6 Å². The van der Waals surface area contributed by atoms with Crippen LogP contribution in [0.2, 0.25) is 0 Å². The lowest BCUT2D eigenvalue weighted by atomic mass is 9.73. The molecule has 35 heavy (non-hydrogen) atoms. The summed E-state index contributed by atoms with van der Waals surface area (Å²) in [4.78, 5) is 32.5. The molecule has 3 aromatic rings. The van der Waals surface area contributed by atoms with Gasteiger partial charge < -0.3 is 10.2 Å². The Morgan fingerprint density at radius 2 is 1.94 bits per heavy atom. The molecular weight excluding hydrogens is 438 g/mol.